The van der Waals surface area contributed by atoms with Gasteiger partial charge in [0, 0.05) is 28.9 Å². The molecule has 0 aliphatic rings. The number of hydrogen-bond donors (Lipinski definition) is 2. The van der Waals surface area contributed by atoms with Crippen LogP contribution in [0.15, 0.2) is 35.8 Å². The average molecular weight is 415 g/mol. The average Bonchev–Trinajstić information content (AvgIpc) is 3.33. The maximum Gasteiger partial charge on any atom is 0.311 e. The molecular formula is C20H21N3O5S. The highest BCUT2D eigenvalue weighted by molar-refractivity contribution is 7.13. The number of H-pyrrole nitrogens is 1. The maximum atomic E-state index is 11.9. The standard InChI is InChI=1S/C20H21N3O5S/c1-27-19(26)9-14-12-29-20(22-14)23-17(24)11-28-18(25)8-4-5-13-10-21-16-7-3-2-6-15(13)16/h2-3,6-7,10,12,21H,4-5,8-9,11H2,1H3,(H,22,23,24). The Kier molecular flexibility index (Phi) is 6.96. The number of carbonyl (C=O) groups excluding carboxylic acids is 3. The Morgan fingerprint density at radius 3 is 2.86 bits per heavy atom. The predicted molar refractivity (Wildman–Crippen MR) is 109 cm³/mol. The van der Waals surface area contributed by atoms with E-state index in [1.54, 1.807) is 5.38 Å². The van der Waals surface area contributed by atoms with Gasteiger partial charge in [-0.25, -0.2) is 4.98 Å². The number of ether oxygens (including phenoxy) is 2. The molecule has 152 valence electrons. The number of amides is 1. The summed E-state index contributed by atoms with van der Waals surface area (Å²) in [6.45, 7) is -0.377. The number of thiazole rings is 1. The van der Waals surface area contributed by atoms with Crippen LogP contribution < -0.4 is 5.32 Å². The van der Waals surface area contributed by atoms with Crippen LogP contribution >= 0.6 is 11.3 Å². The number of rotatable bonds is 9. The number of anilines is 1. The Hall–Kier alpha value is -3.20. The molecule has 29 heavy (non-hydrogen) atoms. The van der Waals surface area contributed by atoms with Crippen LogP contribution in [0.3, 0.4) is 0 Å². The molecule has 0 aliphatic carbocycles. The summed E-state index contributed by atoms with van der Waals surface area (Å²) in [6.07, 6.45) is 3.59. The number of para-hydroxylation sites is 1. The third-order valence-corrected chi connectivity index (χ3v) is 5.02. The molecule has 0 unspecified atom stereocenters. The third kappa shape index (κ3) is 5.89. The van der Waals surface area contributed by atoms with Crippen LogP contribution in [-0.2, 0) is 36.7 Å². The fourth-order valence-electron chi connectivity index (χ4n) is 2.80. The Morgan fingerprint density at radius 2 is 2.03 bits per heavy atom. The minimum atomic E-state index is -0.478. The molecule has 8 nitrogen and oxygen atoms in total. The number of esters is 2. The van der Waals surface area contributed by atoms with Crippen LogP contribution in [0.1, 0.15) is 24.1 Å². The maximum absolute atomic E-state index is 11.9. The van der Waals surface area contributed by atoms with Crippen LogP contribution in [0, 0.1) is 0 Å². The van der Waals surface area contributed by atoms with Crippen molar-refractivity contribution in [1.29, 1.82) is 0 Å². The fourth-order valence-corrected chi connectivity index (χ4v) is 3.53. The van der Waals surface area contributed by atoms with Crippen molar-refractivity contribution in [2.24, 2.45) is 0 Å². The van der Waals surface area contributed by atoms with Gasteiger partial charge in [0.25, 0.3) is 5.91 Å². The molecule has 0 aliphatic heterocycles. The quantitative estimate of drug-likeness (QED) is 0.520. The second-order valence-electron chi connectivity index (χ2n) is 6.32. The van der Waals surface area contributed by atoms with E-state index >= 15 is 0 Å². The summed E-state index contributed by atoms with van der Waals surface area (Å²) in [6, 6.07) is 8.00. The highest BCUT2D eigenvalue weighted by atomic mass is 32.1. The van der Waals surface area contributed by atoms with Crippen molar-refractivity contribution in [2.45, 2.75) is 25.7 Å². The summed E-state index contributed by atoms with van der Waals surface area (Å²) in [7, 11) is 1.30. The Labute approximate surface area is 171 Å². The first-order valence-corrected chi connectivity index (χ1v) is 9.95. The topological polar surface area (TPSA) is 110 Å². The molecule has 0 atom stereocenters. The minimum absolute atomic E-state index is 0.0360. The van der Waals surface area contributed by atoms with Crippen LogP contribution in [-0.4, -0.2) is 41.5 Å². The van der Waals surface area contributed by atoms with Gasteiger partial charge in [0.15, 0.2) is 11.7 Å². The van der Waals surface area contributed by atoms with Crippen LogP contribution in [0.25, 0.3) is 10.9 Å². The second-order valence-corrected chi connectivity index (χ2v) is 7.18. The zero-order valence-electron chi connectivity index (χ0n) is 15.9. The second kappa shape index (κ2) is 9.83. The van der Waals surface area contributed by atoms with Gasteiger partial charge in [-0.1, -0.05) is 18.2 Å². The Morgan fingerprint density at radius 1 is 1.21 bits per heavy atom. The molecule has 0 bridgehead atoms. The number of fused-ring (bicyclic) bond motifs is 1. The van der Waals surface area contributed by atoms with Gasteiger partial charge in [0.2, 0.25) is 0 Å². The summed E-state index contributed by atoms with van der Waals surface area (Å²) in [5, 5.41) is 5.68. The van der Waals surface area contributed by atoms with Gasteiger partial charge in [-0.05, 0) is 24.5 Å². The van der Waals surface area contributed by atoms with E-state index < -0.39 is 17.8 Å². The van der Waals surface area contributed by atoms with E-state index in [2.05, 4.69) is 20.0 Å². The van der Waals surface area contributed by atoms with Gasteiger partial charge in [0.05, 0.1) is 19.2 Å². The van der Waals surface area contributed by atoms with Crippen LogP contribution in [0.4, 0.5) is 5.13 Å². The monoisotopic (exact) mass is 415 g/mol. The van der Waals surface area contributed by atoms with Gasteiger partial charge >= 0.3 is 11.9 Å². The van der Waals surface area contributed by atoms with E-state index in [4.69, 9.17) is 4.74 Å². The zero-order chi connectivity index (χ0) is 20.6. The number of carbonyl (C=O) groups is 3. The van der Waals surface area contributed by atoms with E-state index in [0.717, 1.165) is 22.9 Å². The summed E-state index contributed by atoms with van der Waals surface area (Å²) >= 11 is 1.18. The predicted octanol–water partition coefficient (Wildman–Crippen LogP) is 2.84. The number of methoxy groups -OCH3 is 1. The molecular weight excluding hydrogens is 394 g/mol. The molecule has 0 fully saturated rings. The molecule has 3 aromatic rings. The number of nitrogens with one attached hydrogen (secondary N) is 2. The summed E-state index contributed by atoms with van der Waals surface area (Å²) < 4.78 is 9.58. The first kappa shape index (κ1) is 20.5. The lowest BCUT2D eigenvalue weighted by Crippen LogP contribution is -2.20. The van der Waals surface area contributed by atoms with Crippen molar-refractivity contribution >= 4 is 45.2 Å². The fraction of sp³-hybridized carbons (Fsp3) is 0.300. The van der Waals surface area contributed by atoms with Crippen molar-refractivity contribution in [3.8, 4) is 0 Å². The zero-order valence-corrected chi connectivity index (χ0v) is 16.7. The first-order chi connectivity index (χ1) is 14.0. The molecule has 0 saturated carbocycles. The Bertz CT molecular complexity index is 1010. The molecule has 0 radical (unpaired) electrons. The normalized spacial score (nSPS) is 10.7. The molecule has 3 rings (SSSR count). The molecule has 9 heteroatoms. The number of aryl methyl sites for hydroxylation is 1. The van der Waals surface area contributed by atoms with Gasteiger partial charge < -0.3 is 14.5 Å². The lowest BCUT2D eigenvalue weighted by molar-refractivity contribution is -0.147. The number of aromatic amines is 1. The highest BCUT2D eigenvalue weighted by Crippen LogP contribution is 2.19. The van der Waals surface area contributed by atoms with Gasteiger partial charge in [-0.15, -0.1) is 11.3 Å². The van der Waals surface area contributed by atoms with Crippen molar-refractivity contribution in [1.82, 2.24) is 9.97 Å². The summed E-state index contributed by atoms with van der Waals surface area (Å²) in [4.78, 5) is 42.3. The summed E-state index contributed by atoms with van der Waals surface area (Å²) in [5.74, 6) is -1.31. The largest absolute Gasteiger partial charge is 0.469 e. The van der Waals surface area contributed by atoms with E-state index in [9.17, 15) is 14.4 Å². The number of benzene rings is 1. The van der Waals surface area contributed by atoms with Gasteiger partial charge in [0.1, 0.15) is 0 Å². The third-order valence-electron chi connectivity index (χ3n) is 4.22. The number of hydrogen-bond acceptors (Lipinski definition) is 7. The minimum Gasteiger partial charge on any atom is -0.469 e. The van der Waals surface area contributed by atoms with E-state index in [-0.39, 0.29) is 19.4 Å². The molecule has 1 amide bonds. The lowest BCUT2D eigenvalue weighted by atomic mass is 10.1. The van der Waals surface area contributed by atoms with Crippen molar-refractivity contribution in [2.75, 3.05) is 19.0 Å². The van der Waals surface area contributed by atoms with Crippen molar-refractivity contribution < 1.29 is 23.9 Å². The van der Waals surface area contributed by atoms with E-state index in [0.29, 0.717) is 17.2 Å². The number of nitrogens with zero attached hydrogens (tertiary/aromatic N) is 1. The highest BCUT2D eigenvalue weighted by Gasteiger charge is 2.12. The lowest BCUT2D eigenvalue weighted by Gasteiger charge is -2.05. The molecule has 0 saturated heterocycles. The first-order valence-electron chi connectivity index (χ1n) is 9.07. The van der Waals surface area contributed by atoms with E-state index in [1.165, 1.54) is 18.4 Å². The van der Waals surface area contributed by atoms with Crippen molar-refractivity contribution in [3.63, 3.8) is 0 Å². The summed E-state index contributed by atoms with van der Waals surface area (Å²) in [5.41, 5.74) is 2.72. The molecule has 2 N–H and O–H groups in total. The Balaban J connectivity index is 1.37. The SMILES string of the molecule is COC(=O)Cc1csc(NC(=O)COC(=O)CCCc2c[nH]c3ccccc23)n1. The molecule has 2 heterocycles. The molecule has 1 aromatic carbocycles. The van der Waals surface area contributed by atoms with Gasteiger partial charge in [-0.2, -0.15) is 0 Å². The smallest absolute Gasteiger partial charge is 0.311 e. The number of aromatic nitrogens is 2. The molecule has 2 aromatic heterocycles. The van der Waals surface area contributed by atoms with Gasteiger partial charge in [-0.3, -0.25) is 19.7 Å². The van der Waals surface area contributed by atoms with Crippen molar-refractivity contribution in [3.05, 3.63) is 47.1 Å². The van der Waals surface area contributed by atoms with E-state index in [1.807, 2.05) is 30.5 Å². The molecule has 0 spiro atoms. The van der Waals surface area contributed by atoms with Crippen LogP contribution in [0.5, 0.6) is 0 Å². The van der Waals surface area contributed by atoms with Crippen LogP contribution in [0.2, 0.25) is 0 Å².